The average molecular weight is 184 g/mol. The van der Waals surface area contributed by atoms with Crippen LogP contribution in [0.1, 0.15) is 39.5 Å². The van der Waals surface area contributed by atoms with Gasteiger partial charge in [-0.05, 0) is 18.8 Å². The normalized spacial score (nSPS) is 19.8. The lowest BCUT2D eigenvalue weighted by Gasteiger charge is -2.15. The Morgan fingerprint density at radius 1 is 1.31 bits per heavy atom. The van der Waals surface area contributed by atoms with E-state index in [9.17, 15) is 9.59 Å². The molecule has 0 aromatic carbocycles. The number of hydrogen-bond donors (Lipinski definition) is 0. The van der Waals surface area contributed by atoms with Crippen molar-refractivity contribution in [1.82, 2.24) is 0 Å². The molecule has 0 aliphatic heterocycles. The van der Waals surface area contributed by atoms with Crippen molar-refractivity contribution in [2.75, 3.05) is 0 Å². The minimum absolute atomic E-state index is 0.119. The van der Waals surface area contributed by atoms with Crippen molar-refractivity contribution in [3.63, 3.8) is 0 Å². The summed E-state index contributed by atoms with van der Waals surface area (Å²) in [7, 11) is 0. The molecule has 0 radical (unpaired) electrons. The lowest BCUT2D eigenvalue weighted by molar-refractivity contribution is -0.161. The smallest absolute Gasteiger partial charge is 0.316 e. The monoisotopic (exact) mass is 184 g/mol. The Bertz CT molecular complexity index is 204. The number of carbonyl (C=O) groups excluding carboxylic acids is 2. The maximum Gasteiger partial charge on any atom is 0.316 e. The van der Waals surface area contributed by atoms with Gasteiger partial charge in [-0.3, -0.25) is 9.59 Å². The highest BCUT2D eigenvalue weighted by molar-refractivity contribution is 5.85. The molecule has 0 heterocycles. The lowest BCUT2D eigenvalue weighted by Crippen LogP contribution is -2.23. The highest BCUT2D eigenvalue weighted by Crippen LogP contribution is 2.31. The van der Waals surface area contributed by atoms with Gasteiger partial charge in [-0.25, -0.2) is 0 Å². The molecular formula is C10H16O3. The third-order valence-electron chi connectivity index (χ3n) is 2.72. The molecule has 3 heteroatoms. The van der Waals surface area contributed by atoms with Gasteiger partial charge in [0.2, 0.25) is 0 Å². The number of esters is 2. The van der Waals surface area contributed by atoms with Crippen LogP contribution >= 0.6 is 0 Å². The van der Waals surface area contributed by atoms with Crippen LogP contribution in [0, 0.1) is 11.8 Å². The minimum Gasteiger partial charge on any atom is -0.393 e. The fourth-order valence-electron chi connectivity index (χ4n) is 1.88. The van der Waals surface area contributed by atoms with E-state index in [1.165, 1.54) is 19.8 Å². The second-order valence-electron chi connectivity index (χ2n) is 3.75. The van der Waals surface area contributed by atoms with Gasteiger partial charge in [-0.15, -0.1) is 0 Å². The second kappa shape index (κ2) is 4.40. The van der Waals surface area contributed by atoms with Crippen LogP contribution in [0.5, 0.6) is 0 Å². The third-order valence-corrected chi connectivity index (χ3v) is 2.72. The molecule has 3 nitrogen and oxygen atoms in total. The first-order chi connectivity index (χ1) is 6.11. The molecule has 74 valence electrons. The van der Waals surface area contributed by atoms with E-state index in [1.54, 1.807) is 0 Å². The molecular weight excluding hydrogens is 168 g/mol. The molecule has 0 amide bonds. The summed E-state index contributed by atoms with van der Waals surface area (Å²) in [6, 6.07) is 0. The van der Waals surface area contributed by atoms with Crippen LogP contribution in [0.2, 0.25) is 0 Å². The second-order valence-corrected chi connectivity index (χ2v) is 3.75. The largest absolute Gasteiger partial charge is 0.393 e. The predicted octanol–water partition coefficient (Wildman–Crippen LogP) is 1.90. The van der Waals surface area contributed by atoms with Crippen LogP contribution in [0.25, 0.3) is 0 Å². The molecule has 1 rings (SSSR count). The minimum atomic E-state index is -0.505. The van der Waals surface area contributed by atoms with Gasteiger partial charge >= 0.3 is 11.9 Å². The standard InChI is InChI=1S/C10H16O3/c1-7(9-5-3-4-6-9)10(12)13-8(2)11/h7,9H,3-6H2,1-2H3. The first-order valence-electron chi connectivity index (χ1n) is 4.83. The first-order valence-corrected chi connectivity index (χ1v) is 4.83. The van der Waals surface area contributed by atoms with Crippen LogP contribution in [0.3, 0.4) is 0 Å². The SMILES string of the molecule is CC(=O)OC(=O)C(C)C1CCCC1. The van der Waals surface area contributed by atoms with Crippen molar-refractivity contribution in [2.45, 2.75) is 39.5 Å². The highest BCUT2D eigenvalue weighted by Gasteiger charge is 2.28. The van der Waals surface area contributed by atoms with Crippen LogP contribution < -0.4 is 0 Å². The van der Waals surface area contributed by atoms with Crippen molar-refractivity contribution in [2.24, 2.45) is 11.8 Å². The molecule has 0 N–H and O–H groups in total. The summed E-state index contributed by atoms with van der Waals surface area (Å²) in [4.78, 5) is 21.8. The maximum absolute atomic E-state index is 11.3. The Balaban J connectivity index is 2.41. The van der Waals surface area contributed by atoms with E-state index in [1.807, 2.05) is 6.92 Å². The summed E-state index contributed by atoms with van der Waals surface area (Å²) in [6.45, 7) is 3.11. The zero-order chi connectivity index (χ0) is 9.84. The van der Waals surface area contributed by atoms with E-state index < -0.39 is 5.97 Å². The fraction of sp³-hybridized carbons (Fsp3) is 0.800. The third kappa shape index (κ3) is 2.83. The molecule has 0 aromatic heterocycles. The quantitative estimate of drug-likeness (QED) is 0.486. The van der Waals surface area contributed by atoms with Gasteiger partial charge in [-0.1, -0.05) is 19.8 Å². The van der Waals surface area contributed by atoms with Gasteiger partial charge < -0.3 is 4.74 Å². The van der Waals surface area contributed by atoms with Crippen LogP contribution in [-0.2, 0) is 14.3 Å². The van der Waals surface area contributed by atoms with Crippen molar-refractivity contribution in [3.05, 3.63) is 0 Å². The number of hydrogen-bond acceptors (Lipinski definition) is 3. The topological polar surface area (TPSA) is 43.4 Å². The molecule has 1 aliphatic carbocycles. The zero-order valence-electron chi connectivity index (χ0n) is 8.21. The molecule has 1 atom stereocenters. The van der Waals surface area contributed by atoms with E-state index in [0.717, 1.165) is 12.8 Å². The van der Waals surface area contributed by atoms with Crippen LogP contribution in [0.15, 0.2) is 0 Å². The average Bonchev–Trinajstić information content (AvgIpc) is 2.53. The summed E-state index contributed by atoms with van der Waals surface area (Å²) in [6.07, 6.45) is 4.58. The predicted molar refractivity (Wildman–Crippen MR) is 47.9 cm³/mol. The summed E-state index contributed by atoms with van der Waals surface area (Å²) in [5.41, 5.74) is 0. The molecule has 1 unspecified atom stereocenters. The van der Waals surface area contributed by atoms with E-state index in [-0.39, 0.29) is 11.9 Å². The molecule has 13 heavy (non-hydrogen) atoms. The van der Waals surface area contributed by atoms with Crippen molar-refractivity contribution in [3.8, 4) is 0 Å². The van der Waals surface area contributed by atoms with Gasteiger partial charge in [0.1, 0.15) is 0 Å². The van der Waals surface area contributed by atoms with E-state index in [4.69, 9.17) is 0 Å². The van der Waals surface area contributed by atoms with Gasteiger partial charge in [0.25, 0.3) is 0 Å². The molecule has 1 saturated carbocycles. The molecule has 0 bridgehead atoms. The van der Waals surface area contributed by atoms with Crippen molar-refractivity contribution in [1.29, 1.82) is 0 Å². The van der Waals surface area contributed by atoms with E-state index >= 15 is 0 Å². The van der Waals surface area contributed by atoms with Crippen molar-refractivity contribution >= 4 is 11.9 Å². The summed E-state index contributed by atoms with van der Waals surface area (Å²) >= 11 is 0. The summed E-state index contributed by atoms with van der Waals surface area (Å²) < 4.78 is 4.55. The summed E-state index contributed by atoms with van der Waals surface area (Å²) in [5, 5.41) is 0. The number of carbonyl (C=O) groups is 2. The Kier molecular flexibility index (Phi) is 3.46. The zero-order valence-corrected chi connectivity index (χ0v) is 8.21. The van der Waals surface area contributed by atoms with Crippen LogP contribution in [-0.4, -0.2) is 11.9 Å². The Morgan fingerprint density at radius 2 is 1.85 bits per heavy atom. The Hall–Kier alpha value is -0.860. The Labute approximate surface area is 78.5 Å². The molecule has 0 spiro atoms. The maximum atomic E-state index is 11.3. The Morgan fingerprint density at radius 3 is 2.31 bits per heavy atom. The molecule has 1 aliphatic rings. The van der Waals surface area contributed by atoms with E-state index in [0.29, 0.717) is 5.92 Å². The first kappa shape index (κ1) is 10.2. The number of ether oxygens (including phenoxy) is 1. The lowest BCUT2D eigenvalue weighted by atomic mass is 9.93. The molecule has 0 saturated heterocycles. The highest BCUT2D eigenvalue weighted by atomic mass is 16.6. The summed E-state index contributed by atoms with van der Waals surface area (Å²) in [5.74, 6) is -0.563. The molecule has 0 aromatic rings. The van der Waals surface area contributed by atoms with Crippen LogP contribution in [0.4, 0.5) is 0 Å². The van der Waals surface area contributed by atoms with Gasteiger partial charge in [-0.2, -0.15) is 0 Å². The van der Waals surface area contributed by atoms with Gasteiger partial charge in [0, 0.05) is 6.92 Å². The van der Waals surface area contributed by atoms with Gasteiger partial charge in [0.05, 0.1) is 5.92 Å². The van der Waals surface area contributed by atoms with E-state index in [2.05, 4.69) is 4.74 Å². The van der Waals surface area contributed by atoms with Gasteiger partial charge in [0.15, 0.2) is 0 Å². The molecule has 1 fully saturated rings. The fourth-order valence-corrected chi connectivity index (χ4v) is 1.88. The number of rotatable bonds is 2. The van der Waals surface area contributed by atoms with Crippen molar-refractivity contribution < 1.29 is 14.3 Å².